The van der Waals surface area contributed by atoms with Gasteiger partial charge in [-0.1, -0.05) is 5.92 Å². The second-order valence-corrected chi connectivity index (χ2v) is 13.5. The van der Waals surface area contributed by atoms with Crippen LogP contribution in [0.1, 0.15) is 84.5 Å². The zero-order valence-electron chi connectivity index (χ0n) is 26.0. The maximum Gasteiger partial charge on any atom is 0.417 e. The minimum atomic E-state index is -4.65. The third kappa shape index (κ3) is 5.62. The minimum Gasteiger partial charge on any atom is -0.461 e. The first-order valence-corrected chi connectivity index (χ1v) is 16.6. The Morgan fingerprint density at radius 2 is 1.91 bits per heavy atom. The lowest BCUT2D eigenvalue weighted by atomic mass is 9.91. The Labute approximate surface area is 274 Å². The van der Waals surface area contributed by atoms with Gasteiger partial charge in [-0.15, -0.1) is 5.92 Å². The molecule has 2 N–H and O–H groups in total. The zero-order valence-corrected chi connectivity index (χ0v) is 27.6. The Morgan fingerprint density at radius 1 is 1.13 bits per heavy atom. The summed E-state index contributed by atoms with van der Waals surface area (Å²) in [4.78, 5) is 14.5. The van der Waals surface area contributed by atoms with E-state index in [4.69, 9.17) is 30.3 Å². The van der Waals surface area contributed by atoms with Crippen LogP contribution in [0.5, 0.6) is 6.01 Å². The molecule has 0 amide bonds. The van der Waals surface area contributed by atoms with Crippen molar-refractivity contribution < 1.29 is 22.6 Å². The van der Waals surface area contributed by atoms with Gasteiger partial charge in [-0.25, -0.2) is 0 Å². The number of nitrogens with zero attached hydrogens (tertiary/aromatic N) is 6. The van der Waals surface area contributed by atoms with Crippen molar-refractivity contribution in [1.82, 2.24) is 24.6 Å². The molecule has 0 aliphatic carbocycles. The van der Waals surface area contributed by atoms with E-state index in [2.05, 4.69) is 37.6 Å². The summed E-state index contributed by atoms with van der Waals surface area (Å²) in [5, 5.41) is 4.69. The van der Waals surface area contributed by atoms with Gasteiger partial charge in [0.05, 0.1) is 51.9 Å². The molecule has 0 saturated carbocycles. The van der Waals surface area contributed by atoms with Crippen LogP contribution in [0.3, 0.4) is 0 Å². The van der Waals surface area contributed by atoms with E-state index >= 15 is 0 Å². The van der Waals surface area contributed by atoms with Crippen molar-refractivity contribution in [2.24, 2.45) is 0 Å². The van der Waals surface area contributed by atoms with Gasteiger partial charge in [0.15, 0.2) is 0 Å². The van der Waals surface area contributed by atoms with Crippen LogP contribution in [0.25, 0.3) is 0 Å². The van der Waals surface area contributed by atoms with Crippen LogP contribution in [-0.2, 0) is 37.0 Å². The lowest BCUT2D eigenvalue weighted by Gasteiger charge is -2.33. The SMILES string of the molecule is CC#Cc1cc(N)cc(C2Cc3nc(OCC45CCCN4CCC5)nc(N4CCCn5nc(C)c(Br)c5C4)c3CO2)c1C(F)(F)F. The Hall–Kier alpha value is -3.34. The molecular weight excluding hydrogens is 663 g/mol. The number of aromatic nitrogens is 4. The molecular formula is C33H37BrF3N7O2. The van der Waals surface area contributed by atoms with Gasteiger partial charge < -0.3 is 20.1 Å². The summed E-state index contributed by atoms with van der Waals surface area (Å²) in [7, 11) is 0. The van der Waals surface area contributed by atoms with Crippen molar-refractivity contribution >= 4 is 27.4 Å². The molecule has 4 aliphatic rings. The fourth-order valence-electron chi connectivity index (χ4n) is 7.70. The van der Waals surface area contributed by atoms with E-state index in [1.807, 2.05) is 11.6 Å². The van der Waals surface area contributed by atoms with Gasteiger partial charge in [0.1, 0.15) is 12.4 Å². The van der Waals surface area contributed by atoms with Crippen molar-refractivity contribution in [3.8, 4) is 17.9 Å². The highest BCUT2D eigenvalue weighted by molar-refractivity contribution is 9.10. The Kier molecular flexibility index (Phi) is 8.18. The highest BCUT2D eigenvalue weighted by atomic mass is 79.9. The van der Waals surface area contributed by atoms with Crippen molar-refractivity contribution in [2.45, 2.75) is 89.9 Å². The highest BCUT2D eigenvalue weighted by Crippen LogP contribution is 2.44. The van der Waals surface area contributed by atoms with Crippen molar-refractivity contribution in [3.63, 3.8) is 0 Å². The van der Waals surface area contributed by atoms with Gasteiger partial charge in [0.2, 0.25) is 0 Å². The summed E-state index contributed by atoms with van der Waals surface area (Å²) >= 11 is 3.72. The highest BCUT2D eigenvalue weighted by Gasteiger charge is 2.45. The van der Waals surface area contributed by atoms with Gasteiger partial charge >= 0.3 is 12.2 Å². The van der Waals surface area contributed by atoms with Crippen LogP contribution in [0.4, 0.5) is 24.7 Å². The minimum absolute atomic E-state index is 0.0115. The summed E-state index contributed by atoms with van der Waals surface area (Å²) < 4.78 is 59.2. The van der Waals surface area contributed by atoms with Crippen molar-refractivity contribution in [2.75, 3.05) is 36.9 Å². The predicted octanol–water partition coefficient (Wildman–Crippen LogP) is 5.95. The lowest BCUT2D eigenvalue weighted by molar-refractivity contribution is -0.140. The molecule has 1 atom stereocenters. The Balaban J connectivity index is 1.28. The number of nitrogens with two attached hydrogens (primary N) is 1. The van der Waals surface area contributed by atoms with Crippen LogP contribution in [0, 0.1) is 18.8 Å². The van der Waals surface area contributed by atoms with Crippen molar-refractivity contribution in [1.29, 1.82) is 0 Å². The number of hydrogen-bond acceptors (Lipinski definition) is 8. The molecule has 1 aromatic carbocycles. The second-order valence-electron chi connectivity index (χ2n) is 12.7. The molecule has 2 aromatic heterocycles. The summed E-state index contributed by atoms with van der Waals surface area (Å²) in [6.07, 6.45) is -0.200. The van der Waals surface area contributed by atoms with E-state index in [1.165, 1.54) is 19.1 Å². The van der Waals surface area contributed by atoms with E-state index in [9.17, 15) is 13.2 Å². The van der Waals surface area contributed by atoms with Crippen LogP contribution >= 0.6 is 15.9 Å². The normalized spacial score (nSPS) is 20.8. The Bertz CT molecular complexity index is 1720. The Morgan fingerprint density at radius 3 is 2.65 bits per heavy atom. The molecule has 0 radical (unpaired) electrons. The van der Waals surface area contributed by atoms with E-state index in [0.29, 0.717) is 31.2 Å². The summed E-state index contributed by atoms with van der Waals surface area (Å²) in [6, 6.07) is 2.87. The first-order chi connectivity index (χ1) is 22.1. The van der Waals surface area contributed by atoms with Crippen LogP contribution in [0.2, 0.25) is 0 Å². The number of benzene rings is 1. The number of anilines is 2. The summed E-state index contributed by atoms with van der Waals surface area (Å²) in [6.45, 7) is 8.18. The third-order valence-corrected chi connectivity index (χ3v) is 10.8. The number of alkyl halides is 3. The predicted molar refractivity (Wildman–Crippen MR) is 170 cm³/mol. The number of ether oxygens (including phenoxy) is 2. The van der Waals surface area contributed by atoms with Gasteiger partial charge in [-0.05, 0) is 92.7 Å². The average Bonchev–Trinajstić information content (AvgIpc) is 3.62. The fraction of sp³-hybridized carbons (Fsp3) is 0.545. The molecule has 46 heavy (non-hydrogen) atoms. The van der Waals surface area contributed by atoms with Crippen LogP contribution in [0.15, 0.2) is 16.6 Å². The van der Waals surface area contributed by atoms with Crippen LogP contribution < -0.4 is 15.4 Å². The van der Waals surface area contributed by atoms with Gasteiger partial charge in [-0.2, -0.15) is 28.2 Å². The largest absolute Gasteiger partial charge is 0.461 e. The number of hydrogen-bond donors (Lipinski definition) is 1. The van der Waals surface area contributed by atoms with E-state index in [1.54, 1.807) is 0 Å². The molecule has 2 saturated heterocycles. The van der Waals surface area contributed by atoms with Gasteiger partial charge in [0.25, 0.3) is 0 Å². The van der Waals surface area contributed by atoms with Gasteiger partial charge in [-0.3, -0.25) is 9.58 Å². The molecule has 6 heterocycles. The number of rotatable bonds is 5. The molecule has 244 valence electrons. The maximum atomic E-state index is 14.5. The van der Waals surface area contributed by atoms with Gasteiger partial charge in [0, 0.05) is 36.3 Å². The second kappa shape index (κ2) is 12.0. The number of fused-ring (bicyclic) bond motifs is 3. The van der Waals surface area contributed by atoms with E-state index in [0.717, 1.165) is 73.2 Å². The molecule has 0 bridgehead atoms. The first kappa shape index (κ1) is 31.3. The molecule has 2 fully saturated rings. The van der Waals surface area contributed by atoms with E-state index in [-0.39, 0.29) is 41.4 Å². The lowest BCUT2D eigenvalue weighted by Crippen LogP contribution is -2.43. The number of nitrogen functional groups attached to an aromatic ring is 1. The summed E-state index contributed by atoms with van der Waals surface area (Å²) in [5.41, 5.74) is 8.61. The molecule has 7 rings (SSSR count). The molecule has 0 spiro atoms. The molecule has 1 unspecified atom stereocenters. The smallest absolute Gasteiger partial charge is 0.417 e. The number of halogens is 4. The average molecular weight is 701 g/mol. The monoisotopic (exact) mass is 699 g/mol. The molecule has 13 heteroatoms. The van der Waals surface area contributed by atoms with E-state index < -0.39 is 17.8 Å². The number of aryl methyl sites for hydroxylation is 2. The summed E-state index contributed by atoms with van der Waals surface area (Å²) in [5.74, 6) is 5.87. The standard InChI is InChI=1S/C33H37BrF3N7O2/c1-3-7-21-14-22(38)15-23(28(21)33(35,36)37)27-16-25-24(18-45-27)30(42-10-6-13-44-26(17-42)29(34)20(2)41-44)40-31(39-25)46-19-32-8-4-11-43(32)12-5-9-32/h14-15,27H,4-6,8-13,16-19,38H2,1-2H3. The molecule has 3 aromatic rings. The molecule has 9 nitrogen and oxygen atoms in total. The quantitative estimate of drug-likeness (QED) is 0.258. The topological polar surface area (TPSA) is 94.6 Å². The fourth-order valence-corrected chi connectivity index (χ4v) is 8.11. The maximum absolute atomic E-state index is 14.5. The first-order valence-electron chi connectivity index (χ1n) is 15.9. The van der Waals surface area contributed by atoms with Crippen molar-refractivity contribution in [3.05, 3.63) is 55.9 Å². The van der Waals surface area contributed by atoms with Crippen LogP contribution in [-0.4, -0.2) is 56.4 Å². The molecule has 4 aliphatic heterocycles. The third-order valence-electron chi connectivity index (χ3n) is 9.81. The zero-order chi connectivity index (χ0) is 32.2.